The predicted molar refractivity (Wildman–Crippen MR) is 191 cm³/mol. The molecule has 1 N–H and O–H groups in total. The average Bonchev–Trinajstić information content (AvgIpc) is 3.21. The molecule has 2 heterocycles. The van der Waals surface area contributed by atoms with Crippen LogP contribution in [0.25, 0.3) is 5.32 Å². The summed E-state index contributed by atoms with van der Waals surface area (Å²) in [6.07, 6.45) is 6.22. The van der Waals surface area contributed by atoms with Gasteiger partial charge in [0.2, 0.25) is 5.69 Å². The van der Waals surface area contributed by atoms with E-state index in [0.717, 1.165) is 42.8 Å². The van der Waals surface area contributed by atoms with Crippen LogP contribution in [0.1, 0.15) is 119 Å². The van der Waals surface area contributed by atoms with Crippen molar-refractivity contribution in [2.24, 2.45) is 0 Å². The molecule has 45 heavy (non-hydrogen) atoms. The number of hydrogen-bond acceptors (Lipinski definition) is 4. The smallest absolute Gasteiger partial charge is 0.661 e. The Morgan fingerprint density at radius 2 is 0.978 bits per heavy atom. The van der Waals surface area contributed by atoms with Crippen molar-refractivity contribution in [2.45, 2.75) is 145 Å². The van der Waals surface area contributed by atoms with Crippen molar-refractivity contribution in [3.8, 4) is 0 Å². The van der Waals surface area contributed by atoms with Gasteiger partial charge in [0.25, 0.3) is 0 Å². The number of hydrogen-bond donors (Lipinski definition) is 1. The van der Waals surface area contributed by atoms with Crippen molar-refractivity contribution >= 4 is 47.1 Å². The van der Waals surface area contributed by atoms with E-state index in [1.54, 1.807) is 0 Å². The van der Waals surface area contributed by atoms with Gasteiger partial charge >= 0.3 is 30.0 Å². The van der Waals surface area contributed by atoms with Crippen LogP contribution in [-0.4, -0.2) is 58.1 Å². The van der Waals surface area contributed by atoms with E-state index in [4.69, 9.17) is 23.9 Å². The molecule has 0 aliphatic carbocycles. The third kappa shape index (κ3) is 8.82. The van der Waals surface area contributed by atoms with Gasteiger partial charge in [-0.1, -0.05) is 82.1 Å². The van der Waals surface area contributed by atoms with Crippen molar-refractivity contribution < 1.29 is 23.6 Å². The number of rotatable bonds is 8. The summed E-state index contributed by atoms with van der Waals surface area (Å²) in [6.45, 7) is 26.9. The maximum Gasteiger partial charge on any atom is 2.00 e. The van der Waals surface area contributed by atoms with Gasteiger partial charge in [0, 0.05) is 40.5 Å². The second-order valence-electron chi connectivity index (χ2n) is 14.1. The molecule has 0 unspecified atom stereocenters. The Morgan fingerprint density at radius 3 is 1.31 bits per heavy atom. The first kappa shape index (κ1) is 39.5. The number of allylic oxidation sites excluding steroid dienone is 2. The van der Waals surface area contributed by atoms with E-state index < -0.39 is 29.4 Å². The van der Waals surface area contributed by atoms with Crippen LogP contribution in [0.15, 0.2) is 48.2 Å². The molecular weight excluding hydrogens is 572 g/mol. The molecule has 4 rings (SSSR count). The number of nitrogens with one attached hydrogen (secondary N) is 1. The third-order valence-electron chi connectivity index (χ3n) is 9.66. The zero-order valence-corrected chi connectivity index (χ0v) is 32.1. The van der Waals surface area contributed by atoms with Gasteiger partial charge in [-0.25, -0.2) is 4.99 Å². The fourth-order valence-electron chi connectivity index (χ4n) is 5.67. The predicted octanol–water partition coefficient (Wildman–Crippen LogP) is 7.97. The Hall–Kier alpha value is -1.68. The van der Waals surface area contributed by atoms with Gasteiger partial charge in [0.05, 0.1) is 0 Å². The van der Waals surface area contributed by atoms with Crippen LogP contribution < -0.4 is 4.99 Å². The van der Waals surface area contributed by atoms with Crippen molar-refractivity contribution in [1.82, 2.24) is 0 Å². The number of nitrogens with zero attached hydrogens (tertiary/aromatic N) is 1. The summed E-state index contributed by atoms with van der Waals surface area (Å²) >= 11 is 0. The summed E-state index contributed by atoms with van der Waals surface area (Å²) in [7, 11) is 0. The molecule has 2 saturated heterocycles. The second kappa shape index (κ2) is 15.0. The van der Waals surface area contributed by atoms with Gasteiger partial charge < -0.3 is 23.9 Å². The molecule has 2 aromatic rings. The molecule has 0 radical (unpaired) electrons. The van der Waals surface area contributed by atoms with Crippen molar-refractivity contribution in [3.63, 3.8) is 0 Å². The van der Waals surface area contributed by atoms with E-state index in [2.05, 4.69) is 89.0 Å². The van der Waals surface area contributed by atoms with Crippen molar-refractivity contribution in [3.05, 3.63) is 75.7 Å². The Balaban J connectivity index is 0.000000337. The van der Waals surface area contributed by atoms with Crippen LogP contribution in [-0.2, 0) is 44.3 Å². The number of aryl methyl sites for hydroxylation is 4. The van der Waals surface area contributed by atoms with Gasteiger partial charge in [-0.2, -0.15) is 5.70 Å². The van der Waals surface area contributed by atoms with Gasteiger partial charge in [0.15, 0.2) is 5.71 Å². The summed E-state index contributed by atoms with van der Waals surface area (Å²) in [5, 5.41) is 4.97. The average molecular weight is 630 g/mol. The molecule has 0 atom stereocenters. The Bertz CT molecular complexity index is 1270. The zero-order chi connectivity index (χ0) is 33.1. The van der Waals surface area contributed by atoms with Crippen molar-refractivity contribution in [1.29, 1.82) is 0 Å². The van der Waals surface area contributed by atoms with Crippen LogP contribution in [0, 0.1) is 0 Å². The SMILES string of the molecule is CC1(C)O[B-]2(OC1(C)C)OC(C)(C)C(C)(C)O2.CCc1cccc(CC)c1[N-]/C(C)=C\C(C)=[NH+]c1c(CC)cccc1CC.[Mg+2]. The maximum absolute atomic E-state index is 5.98. The number of benzene rings is 2. The molecule has 2 fully saturated rings. The minimum absolute atomic E-state index is 0. The minimum atomic E-state index is -2.11. The third-order valence-corrected chi connectivity index (χ3v) is 9.66. The minimum Gasteiger partial charge on any atom is -0.661 e. The molecule has 1 spiro atoms. The molecule has 2 aliphatic rings. The first-order chi connectivity index (χ1) is 20.4. The number of para-hydroxylation sites is 2. The fraction of sp³-hybridized carbons (Fsp3) is 0.595. The van der Waals surface area contributed by atoms with E-state index >= 15 is 0 Å². The molecule has 6 nitrogen and oxygen atoms in total. The van der Waals surface area contributed by atoms with Crippen LogP contribution >= 0.6 is 0 Å². The van der Waals surface area contributed by atoms with Crippen molar-refractivity contribution in [2.75, 3.05) is 0 Å². The monoisotopic (exact) mass is 629 g/mol. The van der Waals surface area contributed by atoms with E-state index in [-0.39, 0.29) is 23.1 Å². The molecular formula is C37H58BMgN2O4+. The Morgan fingerprint density at radius 1 is 0.644 bits per heavy atom. The van der Waals surface area contributed by atoms with E-state index in [1.807, 2.05) is 55.4 Å². The van der Waals surface area contributed by atoms with E-state index in [9.17, 15) is 0 Å². The maximum atomic E-state index is 5.98. The normalized spacial score (nSPS) is 20.8. The van der Waals surface area contributed by atoms with Crippen LogP contribution in [0.5, 0.6) is 0 Å². The summed E-state index contributed by atoms with van der Waals surface area (Å²) in [5.41, 5.74) is 8.15. The van der Waals surface area contributed by atoms with Crippen LogP contribution in [0.4, 0.5) is 11.4 Å². The molecule has 0 amide bonds. The van der Waals surface area contributed by atoms with Crippen LogP contribution in [0.3, 0.4) is 0 Å². The quantitative estimate of drug-likeness (QED) is 0.238. The summed E-state index contributed by atoms with van der Waals surface area (Å²) in [5.74, 6) is 0. The molecule has 2 aliphatic heterocycles. The van der Waals surface area contributed by atoms with Gasteiger partial charge in [-0.05, 0) is 87.1 Å². The summed E-state index contributed by atoms with van der Waals surface area (Å²) in [6, 6.07) is 13.1. The molecule has 0 saturated carbocycles. The zero-order valence-electron chi connectivity index (χ0n) is 30.7. The molecule has 8 heteroatoms. The molecule has 244 valence electrons. The van der Waals surface area contributed by atoms with E-state index in [0.29, 0.717) is 0 Å². The topological polar surface area (TPSA) is 65.0 Å². The molecule has 0 bridgehead atoms. The van der Waals surface area contributed by atoms with E-state index in [1.165, 1.54) is 27.9 Å². The largest absolute Gasteiger partial charge is 2.00 e. The summed E-state index contributed by atoms with van der Waals surface area (Å²) in [4.78, 5) is 3.64. The molecule has 2 aromatic carbocycles. The van der Waals surface area contributed by atoms with Gasteiger partial charge in [0.1, 0.15) is 0 Å². The molecule has 0 aromatic heterocycles. The first-order valence-corrected chi connectivity index (χ1v) is 16.5. The standard InChI is InChI=1S/C25H33N2.C12H24BO4.Mg/c1-7-20-13-11-14-21(8-2)24(20)26-18(5)17-19(6)27-25-22(9-3)15-12-16-23(25)10-4;1-9(2)10(3,4)15-13(14-9)16-11(5,6)12(7,8)17-13;/h11-17H,7-10H2,1-6H3;1-8H3;/q2*-1;+2/p+1/b18-17-,27-19?;;. The Kier molecular flexibility index (Phi) is 13.2. The summed E-state index contributed by atoms with van der Waals surface area (Å²) < 4.78 is 23.9. The first-order valence-electron chi connectivity index (χ1n) is 16.5. The van der Waals surface area contributed by atoms with Gasteiger partial charge in [-0.15, -0.1) is 5.69 Å². The Labute approximate surface area is 290 Å². The second-order valence-corrected chi connectivity index (χ2v) is 14.1. The van der Waals surface area contributed by atoms with Gasteiger partial charge in [-0.3, -0.25) is 0 Å². The fourth-order valence-corrected chi connectivity index (χ4v) is 5.67. The van der Waals surface area contributed by atoms with Crippen LogP contribution in [0.2, 0.25) is 0 Å².